The maximum absolute atomic E-state index is 12.5. The summed E-state index contributed by atoms with van der Waals surface area (Å²) in [6.07, 6.45) is 5.51. The first-order valence-corrected chi connectivity index (χ1v) is 7.72. The summed E-state index contributed by atoms with van der Waals surface area (Å²) in [4.78, 5) is 14.4. The van der Waals surface area contributed by atoms with E-state index in [0.717, 1.165) is 35.4 Å². The fraction of sp³-hybridized carbons (Fsp3) is 0.588. The highest BCUT2D eigenvalue weighted by atomic mass is 16.2. The van der Waals surface area contributed by atoms with Crippen LogP contribution in [0, 0.1) is 17.8 Å². The van der Waals surface area contributed by atoms with Crippen molar-refractivity contribution in [3.8, 4) is 0 Å². The number of hydrogen-bond acceptors (Lipinski definition) is 2. The van der Waals surface area contributed by atoms with Crippen molar-refractivity contribution in [3.63, 3.8) is 0 Å². The first-order chi connectivity index (χ1) is 9.67. The Balaban J connectivity index is 1.64. The molecule has 0 aromatic heterocycles. The zero-order valence-corrected chi connectivity index (χ0v) is 12.2. The summed E-state index contributed by atoms with van der Waals surface area (Å²) in [5.74, 6) is 2.66. The van der Waals surface area contributed by atoms with Gasteiger partial charge in [-0.2, -0.15) is 0 Å². The zero-order valence-electron chi connectivity index (χ0n) is 12.2. The number of hydrogen-bond donors (Lipinski definition) is 1. The predicted molar refractivity (Wildman–Crippen MR) is 80.2 cm³/mol. The van der Waals surface area contributed by atoms with Gasteiger partial charge < -0.3 is 10.6 Å². The predicted octanol–water partition coefficient (Wildman–Crippen LogP) is 2.65. The molecule has 3 heteroatoms. The number of nitrogens with two attached hydrogens (primary N) is 1. The van der Waals surface area contributed by atoms with Crippen LogP contribution in [-0.4, -0.2) is 24.4 Å². The molecule has 20 heavy (non-hydrogen) atoms. The summed E-state index contributed by atoms with van der Waals surface area (Å²) in [5.41, 5.74) is 7.42. The van der Waals surface area contributed by atoms with Crippen molar-refractivity contribution in [2.75, 3.05) is 13.6 Å². The summed E-state index contributed by atoms with van der Waals surface area (Å²) in [6, 6.07) is 7.69. The minimum Gasteiger partial charge on any atom is -0.341 e. The highest BCUT2D eigenvalue weighted by Gasteiger charge is 2.40. The second-order valence-corrected chi connectivity index (χ2v) is 6.53. The Kier molecular flexibility index (Phi) is 3.79. The molecular formula is C17H24N2O. The number of benzene rings is 1. The lowest BCUT2D eigenvalue weighted by Gasteiger charge is -2.27. The standard InChI is InChI=1S/C17H24N2O/c1-19(11-16-8-12-5-6-14(16)7-12)17(20)15-4-2-3-13(9-15)10-18/h2-4,9,12,14,16H,5-8,10-11,18H2,1H3. The van der Waals surface area contributed by atoms with Gasteiger partial charge in [0, 0.05) is 25.7 Å². The van der Waals surface area contributed by atoms with Gasteiger partial charge in [0.15, 0.2) is 0 Å². The molecular weight excluding hydrogens is 248 g/mol. The second-order valence-electron chi connectivity index (χ2n) is 6.53. The van der Waals surface area contributed by atoms with E-state index in [4.69, 9.17) is 5.73 Å². The number of carbonyl (C=O) groups is 1. The Morgan fingerprint density at radius 1 is 1.35 bits per heavy atom. The zero-order chi connectivity index (χ0) is 14.1. The van der Waals surface area contributed by atoms with E-state index < -0.39 is 0 Å². The number of carbonyl (C=O) groups excluding carboxylic acids is 1. The van der Waals surface area contributed by atoms with Crippen molar-refractivity contribution >= 4 is 5.91 Å². The van der Waals surface area contributed by atoms with Crippen LogP contribution in [0.25, 0.3) is 0 Å². The van der Waals surface area contributed by atoms with Gasteiger partial charge in [-0.3, -0.25) is 4.79 Å². The van der Waals surface area contributed by atoms with Gasteiger partial charge in [-0.1, -0.05) is 18.6 Å². The summed E-state index contributed by atoms with van der Waals surface area (Å²) in [5, 5.41) is 0. The van der Waals surface area contributed by atoms with Gasteiger partial charge in [-0.05, 0) is 54.7 Å². The van der Waals surface area contributed by atoms with E-state index in [2.05, 4.69) is 0 Å². The summed E-state index contributed by atoms with van der Waals surface area (Å²) < 4.78 is 0. The quantitative estimate of drug-likeness (QED) is 0.916. The molecule has 1 aromatic rings. The van der Waals surface area contributed by atoms with Crippen molar-refractivity contribution in [2.24, 2.45) is 23.5 Å². The van der Waals surface area contributed by atoms with E-state index in [1.54, 1.807) is 0 Å². The van der Waals surface area contributed by atoms with Crippen LogP contribution in [0.15, 0.2) is 24.3 Å². The van der Waals surface area contributed by atoms with Crippen molar-refractivity contribution in [3.05, 3.63) is 35.4 Å². The van der Waals surface area contributed by atoms with Crippen LogP contribution in [0.4, 0.5) is 0 Å². The Hall–Kier alpha value is -1.35. The van der Waals surface area contributed by atoms with E-state index in [9.17, 15) is 4.79 Å². The molecule has 3 nitrogen and oxygen atoms in total. The van der Waals surface area contributed by atoms with Gasteiger partial charge in [-0.25, -0.2) is 0 Å². The van der Waals surface area contributed by atoms with Gasteiger partial charge in [0.1, 0.15) is 0 Å². The SMILES string of the molecule is CN(CC1CC2CCC1C2)C(=O)c1cccc(CN)c1. The van der Waals surface area contributed by atoms with Crippen LogP contribution >= 0.6 is 0 Å². The Morgan fingerprint density at radius 3 is 2.85 bits per heavy atom. The summed E-state index contributed by atoms with van der Waals surface area (Å²) in [7, 11) is 1.93. The number of rotatable bonds is 4. The lowest BCUT2D eigenvalue weighted by atomic mass is 9.88. The molecule has 1 aromatic carbocycles. The van der Waals surface area contributed by atoms with Crippen molar-refractivity contribution in [1.29, 1.82) is 0 Å². The summed E-state index contributed by atoms with van der Waals surface area (Å²) >= 11 is 0. The number of fused-ring (bicyclic) bond motifs is 2. The van der Waals surface area contributed by atoms with E-state index in [0.29, 0.717) is 6.54 Å². The molecule has 2 fully saturated rings. The molecule has 3 unspecified atom stereocenters. The molecule has 3 rings (SSSR count). The molecule has 1 amide bonds. The monoisotopic (exact) mass is 272 g/mol. The van der Waals surface area contributed by atoms with Crippen LogP contribution in [0.1, 0.15) is 41.6 Å². The normalized spacial score (nSPS) is 27.8. The fourth-order valence-electron chi connectivity index (χ4n) is 4.09. The average molecular weight is 272 g/mol. The third-order valence-corrected chi connectivity index (χ3v) is 5.15. The van der Waals surface area contributed by atoms with E-state index in [1.807, 2.05) is 36.2 Å². The third kappa shape index (κ3) is 2.59. The molecule has 2 aliphatic carbocycles. The van der Waals surface area contributed by atoms with Gasteiger partial charge in [0.2, 0.25) is 0 Å². The molecule has 0 radical (unpaired) electrons. The highest BCUT2D eigenvalue weighted by molar-refractivity contribution is 5.94. The van der Waals surface area contributed by atoms with Gasteiger partial charge in [0.25, 0.3) is 5.91 Å². The molecule has 2 N–H and O–H groups in total. The fourth-order valence-corrected chi connectivity index (χ4v) is 4.09. The van der Waals surface area contributed by atoms with Crippen molar-refractivity contribution in [2.45, 2.75) is 32.2 Å². The number of amides is 1. The number of nitrogens with zero attached hydrogens (tertiary/aromatic N) is 1. The average Bonchev–Trinajstić information content (AvgIpc) is 3.09. The Bertz CT molecular complexity index is 500. The largest absolute Gasteiger partial charge is 0.341 e. The third-order valence-electron chi connectivity index (χ3n) is 5.15. The molecule has 3 atom stereocenters. The Labute approximate surface area is 121 Å². The van der Waals surface area contributed by atoms with Crippen LogP contribution in [0.3, 0.4) is 0 Å². The molecule has 0 aliphatic heterocycles. The molecule has 0 heterocycles. The molecule has 0 saturated heterocycles. The first-order valence-electron chi connectivity index (χ1n) is 7.72. The van der Waals surface area contributed by atoms with Crippen molar-refractivity contribution in [1.82, 2.24) is 4.90 Å². The van der Waals surface area contributed by atoms with Gasteiger partial charge >= 0.3 is 0 Å². The molecule has 2 bridgehead atoms. The minimum absolute atomic E-state index is 0.128. The highest BCUT2D eigenvalue weighted by Crippen LogP contribution is 2.48. The second kappa shape index (κ2) is 5.57. The topological polar surface area (TPSA) is 46.3 Å². The van der Waals surface area contributed by atoms with Crippen LogP contribution in [0.5, 0.6) is 0 Å². The lowest BCUT2D eigenvalue weighted by Crippen LogP contribution is -2.33. The molecule has 2 saturated carbocycles. The van der Waals surface area contributed by atoms with E-state index >= 15 is 0 Å². The maximum Gasteiger partial charge on any atom is 0.253 e. The molecule has 108 valence electrons. The van der Waals surface area contributed by atoms with Gasteiger partial charge in [-0.15, -0.1) is 0 Å². The van der Waals surface area contributed by atoms with E-state index in [1.165, 1.54) is 25.7 Å². The van der Waals surface area contributed by atoms with E-state index in [-0.39, 0.29) is 5.91 Å². The smallest absolute Gasteiger partial charge is 0.253 e. The van der Waals surface area contributed by atoms with Crippen molar-refractivity contribution < 1.29 is 4.79 Å². The van der Waals surface area contributed by atoms with Crippen LogP contribution in [-0.2, 0) is 6.54 Å². The van der Waals surface area contributed by atoms with Crippen LogP contribution in [0.2, 0.25) is 0 Å². The first kappa shape index (κ1) is 13.6. The van der Waals surface area contributed by atoms with Gasteiger partial charge in [0.05, 0.1) is 0 Å². The maximum atomic E-state index is 12.5. The minimum atomic E-state index is 0.128. The molecule has 0 spiro atoms. The lowest BCUT2D eigenvalue weighted by molar-refractivity contribution is 0.0754. The Morgan fingerprint density at radius 2 is 2.20 bits per heavy atom. The molecule has 2 aliphatic rings. The van der Waals surface area contributed by atoms with Crippen LogP contribution < -0.4 is 5.73 Å². The summed E-state index contributed by atoms with van der Waals surface area (Å²) in [6.45, 7) is 1.39.